The zero-order valence-electron chi connectivity index (χ0n) is 11.5. The molecule has 2 unspecified atom stereocenters. The highest BCUT2D eigenvalue weighted by Gasteiger charge is 2.34. The van der Waals surface area contributed by atoms with Crippen molar-refractivity contribution in [1.29, 1.82) is 0 Å². The summed E-state index contributed by atoms with van der Waals surface area (Å²) in [5.74, 6) is 0.273. The molecule has 1 aliphatic rings. The first-order valence-electron chi connectivity index (χ1n) is 6.74. The molecule has 19 heavy (non-hydrogen) atoms. The van der Waals surface area contributed by atoms with Gasteiger partial charge in [-0.2, -0.15) is 4.31 Å². The van der Waals surface area contributed by atoms with Gasteiger partial charge in [-0.25, -0.2) is 8.42 Å². The Morgan fingerprint density at radius 3 is 2.63 bits per heavy atom. The molecular weight excluding hydrogens is 260 g/mol. The van der Waals surface area contributed by atoms with Crippen LogP contribution in [0.4, 0.5) is 0 Å². The molecular formula is C14H22N2O2S. The van der Waals surface area contributed by atoms with E-state index in [1.54, 1.807) is 16.4 Å². The maximum atomic E-state index is 12.8. The number of aryl methyl sites for hydroxylation is 1. The van der Waals surface area contributed by atoms with Crippen LogP contribution in [0.25, 0.3) is 0 Å². The lowest BCUT2D eigenvalue weighted by Crippen LogP contribution is -2.47. The Morgan fingerprint density at radius 2 is 2.00 bits per heavy atom. The van der Waals surface area contributed by atoms with Gasteiger partial charge in [0.1, 0.15) is 0 Å². The summed E-state index contributed by atoms with van der Waals surface area (Å²) in [6, 6.07) is 7.20. The van der Waals surface area contributed by atoms with E-state index >= 15 is 0 Å². The predicted octanol–water partition coefficient (Wildman–Crippen LogP) is 1.74. The number of hydrogen-bond acceptors (Lipinski definition) is 3. The van der Waals surface area contributed by atoms with Crippen LogP contribution >= 0.6 is 0 Å². The van der Waals surface area contributed by atoms with Gasteiger partial charge >= 0.3 is 0 Å². The van der Waals surface area contributed by atoms with Gasteiger partial charge in [0.05, 0.1) is 4.90 Å². The van der Waals surface area contributed by atoms with E-state index in [1.807, 2.05) is 26.0 Å². The molecule has 0 spiro atoms. The van der Waals surface area contributed by atoms with Crippen molar-refractivity contribution in [3.05, 3.63) is 29.8 Å². The third-order valence-electron chi connectivity index (χ3n) is 3.94. The van der Waals surface area contributed by atoms with Crippen LogP contribution in [-0.2, 0) is 10.0 Å². The lowest BCUT2D eigenvalue weighted by atomic mass is 9.96. The third kappa shape index (κ3) is 2.83. The highest BCUT2D eigenvalue weighted by atomic mass is 32.2. The van der Waals surface area contributed by atoms with Crippen molar-refractivity contribution in [2.45, 2.75) is 37.6 Å². The monoisotopic (exact) mass is 282 g/mol. The molecule has 0 radical (unpaired) electrons. The number of rotatable bonds is 3. The van der Waals surface area contributed by atoms with Crippen LogP contribution in [0.15, 0.2) is 29.2 Å². The zero-order valence-corrected chi connectivity index (χ0v) is 12.4. The second-order valence-corrected chi connectivity index (χ2v) is 7.23. The van der Waals surface area contributed by atoms with Crippen LogP contribution in [0.2, 0.25) is 0 Å². The van der Waals surface area contributed by atoms with Gasteiger partial charge in [0, 0.05) is 12.6 Å². The molecule has 106 valence electrons. The lowest BCUT2D eigenvalue weighted by Gasteiger charge is -2.36. The van der Waals surface area contributed by atoms with Crippen molar-refractivity contribution >= 4 is 10.0 Å². The molecule has 0 bridgehead atoms. The topological polar surface area (TPSA) is 63.4 Å². The van der Waals surface area contributed by atoms with E-state index in [2.05, 4.69) is 0 Å². The minimum Gasteiger partial charge on any atom is -0.330 e. The Hall–Kier alpha value is -0.910. The number of nitrogens with zero attached hydrogens (tertiary/aromatic N) is 1. The molecule has 0 amide bonds. The third-order valence-corrected chi connectivity index (χ3v) is 6.08. The van der Waals surface area contributed by atoms with Crippen LogP contribution < -0.4 is 5.73 Å². The quantitative estimate of drug-likeness (QED) is 0.918. The van der Waals surface area contributed by atoms with Crippen molar-refractivity contribution in [2.24, 2.45) is 11.7 Å². The molecule has 2 atom stereocenters. The molecule has 1 heterocycles. The maximum absolute atomic E-state index is 12.8. The summed E-state index contributed by atoms with van der Waals surface area (Å²) in [5.41, 5.74) is 6.50. The smallest absolute Gasteiger partial charge is 0.243 e. The SMILES string of the molecule is Cc1ccccc1S(=O)(=O)N1CC(CN)CCC1C. The molecule has 2 rings (SSSR count). The predicted molar refractivity (Wildman–Crippen MR) is 76.3 cm³/mol. The summed E-state index contributed by atoms with van der Waals surface area (Å²) >= 11 is 0. The Bertz CT molecular complexity index is 542. The highest BCUT2D eigenvalue weighted by molar-refractivity contribution is 7.89. The Balaban J connectivity index is 2.36. The van der Waals surface area contributed by atoms with Crippen LogP contribution in [0, 0.1) is 12.8 Å². The fourth-order valence-corrected chi connectivity index (χ4v) is 4.61. The van der Waals surface area contributed by atoms with Gasteiger partial charge in [0.2, 0.25) is 10.0 Å². The number of piperidine rings is 1. The normalized spacial score (nSPS) is 25.4. The Kier molecular flexibility index (Phi) is 4.28. The first-order valence-corrected chi connectivity index (χ1v) is 8.18. The molecule has 5 heteroatoms. The standard InChI is InChI=1S/C14H22N2O2S/c1-11-5-3-4-6-14(11)19(17,18)16-10-13(9-15)8-7-12(16)2/h3-6,12-13H,7-10,15H2,1-2H3. The van der Waals surface area contributed by atoms with Gasteiger partial charge in [-0.3, -0.25) is 0 Å². The highest BCUT2D eigenvalue weighted by Crippen LogP contribution is 2.28. The van der Waals surface area contributed by atoms with Crippen molar-refractivity contribution in [3.8, 4) is 0 Å². The van der Waals surface area contributed by atoms with E-state index in [9.17, 15) is 8.42 Å². The van der Waals surface area contributed by atoms with Crippen molar-refractivity contribution in [1.82, 2.24) is 4.31 Å². The van der Waals surface area contributed by atoms with Crippen molar-refractivity contribution in [2.75, 3.05) is 13.1 Å². The van der Waals surface area contributed by atoms with Crippen LogP contribution in [0.3, 0.4) is 0 Å². The largest absolute Gasteiger partial charge is 0.330 e. The van der Waals surface area contributed by atoms with E-state index in [1.165, 1.54) is 0 Å². The molecule has 0 aliphatic carbocycles. The molecule has 1 saturated heterocycles. The summed E-state index contributed by atoms with van der Waals surface area (Å²) < 4.78 is 27.2. The van der Waals surface area contributed by atoms with Gasteiger partial charge < -0.3 is 5.73 Å². The fourth-order valence-electron chi connectivity index (χ4n) is 2.65. The molecule has 0 saturated carbocycles. The molecule has 1 aromatic carbocycles. The van der Waals surface area contributed by atoms with Crippen LogP contribution in [0.1, 0.15) is 25.3 Å². The Labute approximate surface area is 115 Å². The van der Waals surface area contributed by atoms with E-state index in [-0.39, 0.29) is 12.0 Å². The fraction of sp³-hybridized carbons (Fsp3) is 0.571. The van der Waals surface area contributed by atoms with Crippen molar-refractivity contribution < 1.29 is 8.42 Å². The van der Waals surface area contributed by atoms with E-state index < -0.39 is 10.0 Å². The summed E-state index contributed by atoms with van der Waals surface area (Å²) in [6.45, 7) is 4.89. The zero-order chi connectivity index (χ0) is 14.0. The first kappa shape index (κ1) is 14.5. The minimum atomic E-state index is -3.41. The number of hydrogen-bond donors (Lipinski definition) is 1. The molecule has 1 fully saturated rings. The first-order chi connectivity index (χ1) is 8.96. The number of sulfonamides is 1. The second-order valence-electron chi connectivity index (χ2n) is 5.37. The van der Waals surface area contributed by atoms with Gasteiger partial charge in [-0.15, -0.1) is 0 Å². The van der Waals surface area contributed by atoms with Gasteiger partial charge in [-0.1, -0.05) is 18.2 Å². The van der Waals surface area contributed by atoms with E-state index in [0.29, 0.717) is 18.0 Å². The van der Waals surface area contributed by atoms with Gasteiger partial charge in [0.15, 0.2) is 0 Å². The number of benzene rings is 1. The molecule has 1 aromatic rings. The second kappa shape index (κ2) is 5.61. The average Bonchev–Trinajstić information content (AvgIpc) is 2.39. The maximum Gasteiger partial charge on any atom is 0.243 e. The molecule has 0 aromatic heterocycles. The van der Waals surface area contributed by atoms with Crippen LogP contribution in [0.5, 0.6) is 0 Å². The summed E-state index contributed by atoms with van der Waals surface area (Å²) in [6.07, 6.45) is 1.89. The molecule has 2 N–H and O–H groups in total. The van der Waals surface area contributed by atoms with Gasteiger partial charge in [0.25, 0.3) is 0 Å². The van der Waals surface area contributed by atoms with Gasteiger partial charge in [-0.05, 0) is 50.8 Å². The molecule has 1 aliphatic heterocycles. The van der Waals surface area contributed by atoms with E-state index in [4.69, 9.17) is 5.73 Å². The lowest BCUT2D eigenvalue weighted by molar-refractivity contribution is 0.211. The summed E-state index contributed by atoms with van der Waals surface area (Å²) in [4.78, 5) is 0.416. The number of nitrogens with two attached hydrogens (primary N) is 1. The minimum absolute atomic E-state index is 0.0485. The summed E-state index contributed by atoms with van der Waals surface area (Å²) in [7, 11) is -3.41. The molecule has 4 nitrogen and oxygen atoms in total. The van der Waals surface area contributed by atoms with Crippen molar-refractivity contribution in [3.63, 3.8) is 0 Å². The van der Waals surface area contributed by atoms with E-state index in [0.717, 1.165) is 18.4 Å². The van der Waals surface area contributed by atoms with Crippen LogP contribution in [-0.4, -0.2) is 31.9 Å². The summed E-state index contributed by atoms with van der Waals surface area (Å²) in [5, 5.41) is 0. The average molecular weight is 282 g/mol. The Morgan fingerprint density at radius 1 is 1.32 bits per heavy atom.